The van der Waals surface area contributed by atoms with Crippen molar-refractivity contribution in [3.63, 3.8) is 0 Å². The summed E-state index contributed by atoms with van der Waals surface area (Å²) in [7, 11) is 0. The number of H-pyrrole nitrogens is 1. The number of benzene rings is 2. The second-order valence-corrected chi connectivity index (χ2v) is 5.50. The number of hydrogen-bond donors (Lipinski definition) is 2. The van der Waals surface area contributed by atoms with Crippen LogP contribution >= 0.6 is 15.9 Å². The average molecular weight is 329 g/mol. The van der Waals surface area contributed by atoms with E-state index in [0.717, 1.165) is 20.9 Å². The SMILES string of the molecule is O=c1[nH]c2ccccc2cc1NCc1ccc(Br)cc1. The van der Waals surface area contributed by atoms with Gasteiger partial charge in [0.05, 0.1) is 0 Å². The van der Waals surface area contributed by atoms with Crippen molar-refractivity contribution >= 4 is 32.5 Å². The molecular formula is C16H13BrN2O. The van der Waals surface area contributed by atoms with Gasteiger partial charge in [0.1, 0.15) is 5.69 Å². The quantitative estimate of drug-likeness (QED) is 0.765. The summed E-state index contributed by atoms with van der Waals surface area (Å²) in [6.45, 7) is 0.620. The van der Waals surface area contributed by atoms with E-state index in [1.54, 1.807) is 0 Å². The molecule has 0 saturated carbocycles. The molecule has 0 aliphatic carbocycles. The van der Waals surface area contributed by atoms with Gasteiger partial charge < -0.3 is 10.3 Å². The fourth-order valence-electron chi connectivity index (χ4n) is 2.08. The molecule has 0 unspecified atom stereocenters. The van der Waals surface area contributed by atoms with E-state index in [0.29, 0.717) is 12.2 Å². The molecule has 0 amide bonds. The Morgan fingerprint density at radius 3 is 2.60 bits per heavy atom. The number of pyridine rings is 1. The van der Waals surface area contributed by atoms with Crippen LogP contribution in [0.1, 0.15) is 5.56 Å². The van der Waals surface area contributed by atoms with Crippen LogP contribution in [0.3, 0.4) is 0 Å². The third-order valence-electron chi connectivity index (χ3n) is 3.15. The number of hydrogen-bond acceptors (Lipinski definition) is 2. The lowest BCUT2D eigenvalue weighted by molar-refractivity contribution is 1.13. The van der Waals surface area contributed by atoms with Crippen molar-refractivity contribution in [2.24, 2.45) is 0 Å². The maximum Gasteiger partial charge on any atom is 0.271 e. The van der Waals surface area contributed by atoms with Gasteiger partial charge in [-0.15, -0.1) is 0 Å². The van der Waals surface area contributed by atoms with Crippen molar-refractivity contribution in [3.8, 4) is 0 Å². The monoisotopic (exact) mass is 328 g/mol. The van der Waals surface area contributed by atoms with Crippen LogP contribution in [0.25, 0.3) is 10.9 Å². The van der Waals surface area contributed by atoms with Crippen molar-refractivity contribution in [1.29, 1.82) is 0 Å². The molecule has 100 valence electrons. The Labute approximate surface area is 124 Å². The molecule has 1 aromatic heterocycles. The minimum Gasteiger partial charge on any atom is -0.376 e. The van der Waals surface area contributed by atoms with Gasteiger partial charge in [0.2, 0.25) is 0 Å². The van der Waals surface area contributed by atoms with Crippen molar-refractivity contribution in [2.45, 2.75) is 6.54 Å². The summed E-state index contributed by atoms with van der Waals surface area (Å²) < 4.78 is 1.05. The molecule has 3 rings (SSSR count). The number of para-hydroxylation sites is 1. The van der Waals surface area contributed by atoms with Gasteiger partial charge in [-0.3, -0.25) is 4.79 Å². The Kier molecular flexibility index (Phi) is 3.56. The van der Waals surface area contributed by atoms with Gasteiger partial charge in [-0.05, 0) is 29.8 Å². The maximum absolute atomic E-state index is 12.0. The molecule has 3 aromatic rings. The van der Waals surface area contributed by atoms with Crippen LogP contribution in [-0.4, -0.2) is 4.98 Å². The Bertz CT molecular complexity index is 793. The van der Waals surface area contributed by atoms with Gasteiger partial charge in [-0.1, -0.05) is 46.3 Å². The molecule has 0 bridgehead atoms. The zero-order valence-electron chi connectivity index (χ0n) is 10.7. The fraction of sp³-hybridized carbons (Fsp3) is 0.0625. The minimum absolute atomic E-state index is 0.0965. The third kappa shape index (κ3) is 2.75. The number of aromatic amines is 1. The summed E-state index contributed by atoms with van der Waals surface area (Å²) in [5.74, 6) is 0. The topological polar surface area (TPSA) is 44.9 Å². The fourth-order valence-corrected chi connectivity index (χ4v) is 2.34. The number of nitrogens with one attached hydrogen (secondary N) is 2. The lowest BCUT2D eigenvalue weighted by Gasteiger charge is -2.07. The molecule has 0 spiro atoms. The summed E-state index contributed by atoms with van der Waals surface area (Å²) in [5.41, 5.74) is 2.47. The predicted octanol–water partition coefficient (Wildman–Crippen LogP) is 3.90. The van der Waals surface area contributed by atoms with Crippen LogP contribution in [0.5, 0.6) is 0 Å². The molecule has 3 nitrogen and oxygen atoms in total. The van der Waals surface area contributed by atoms with Crippen LogP contribution in [0, 0.1) is 0 Å². The number of fused-ring (bicyclic) bond motifs is 1. The van der Waals surface area contributed by atoms with Crippen molar-refractivity contribution in [2.75, 3.05) is 5.32 Å². The van der Waals surface area contributed by atoms with Gasteiger partial charge in [-0.25, -0.2) is 0 Å². The summed E-state index contributed by atoms with van der Waals surface area (Å²) in [6, 6.07) is 17.6. The van der Waals surface area contributed by atoms with E-state index in [4.69, 9.17) is 0 Å². The third-order valence-corrected chi connectivity index (χ3v) is 3.68. The van der Waals surface area contributed by atoms with Gasteiger partial charge in [0, 0.05) is 21.9 Å². The highest BCUT2D eigenvalue weighted by atomic mass is 79.9. The molecule has 0 aliphatic heterocycles. The number of halogens is 1. The second-order valence-electron chi connectivity index (χ2n) is 4.58. The summed E-state index contributed by atoms with van der Waals surface area (Å²) in [4.78, 5) is 14.9. The van der Waals surface area contributed by atoms with Crippen molar-refractivity contribution < 1.29 is 0 Å². The van der Waals surface area contributed by atoms with Crippen LogP contribution < -0.4 is 10.9 Å². The van der Waals surface area contributed by atoms with Crippen molar-refractivity contribution in [3.05, 3.63) is 75.0 Å². The number of aromatic nitrogens is 1. The first-order chi connectivity index (χ1) is 9.72. The molecule has 0 fully saturated rings. The van der Waals surface area contributed by atoms with E-state index < -0.39 is 0 Å². The molecule has 20 heavy (non-hydrogen) atoms. The first kappa shape index (κ1) is 12.9. The molecule has 0 aliphatic rings. The summed E-state index contributed by atoms with van der Waals surface area (Å²) in [6.07, 6.45) is 0. The van der Waals surface area contributed by atoms with E-state index in [2.05, 4.69) is 26.2 Å². The van der Waals surface area contributed by atoms with Crippen molar-refractivity contribution in [1.82, 2.24) is 4.98 Å². The predicted molar refractivity (Wildman–Crippen MR) is 86.0 cm³/mol. The zero-order chi connectivity index (χ0) is 13.9. The first-order valence-electron chi connectivity index (χ1n) is 6.33. The number of anilines is 1. The van der Waals surface area contributed by atoms with Crippen LogP contribution in [-0.2, 0) is 6.54 Å². The molecule has 0 atom stereocenters. The Morgan fingerprint density at radius 1 is 1.05 bits per heavy atom. The van der Waals surface area contributed by atoms with E-state index in [9.17, 15) is 4.79 Å². The Morgan fingerprint density at radius 2 is 1.80 bits per heavy atom. The van der Waals surface area contributed by atoms with E-state index >= 15 is 0 Å². The smallest absolute Gasteiger partial charge is 0.271 e. The largest absolute Gasteiger partial charge is 0.376 e. The lowest BCUT2D eigenvalue weighted by Crippen LogP contribution is -2.13. The van der Waals surface area contributed by atoms with Gasteiger partial charge in [0.25, 0.3) is 5.56 Å². The molecule has 0 radical (unpaired) electrons. The molecule has 2 N–H and O–H groups in total. The second kappa shape index (κ2) is 5.51. The number of rotatable bonds is 3. The minimum atomic E-state index is -0.0965. The normalized spacial score (nSPS) is 10.7. The van der Waals surface area contributed by atoms with Crippen LogP contribution in [0.4, 0.5) is 5.69 Å². The highest BCUT2D eigenvalue weighted by Crippen LogP contribution is 2.14. The van der Waals surface area contributed by atoms with Crippen LogP contribution in [0.2, 0.25) is 0 Å². The summed E-state index contributed by atoms with van der Waals surface area (Å²) in [5, 5.41) is 4.20. The Hall–Kier alpha value is -2.07. The van der Waals surface area contributed by atoms with Gasteiger partial charge in [0.15, 0.2) is 0 Å². The maximum atomic E-state index is 12.0. The van der Waals surface area contributed by atoms with Gasteiger partial charge >= 0.3 is 0 Å². The highest BCUT2D eigenvalue weighted by Gasteiger charge is 2.02. The first-order valence-corrected chi connectivity index (χ1v) is 7.12. The zero-order valence-corrected chi connectivity index (χ0v) is 12.3. The molecule has 2 aromatic carbocycles. The highest BCUT2D eigenvalue weighted by molar-refractivity contribution is 9.10. The van der Waals surface area contributed by atoms with E-state index in [1.165, 1.54) is 0 Å². The Balaban J connectivity index is 1.85. The molecule has 0 saturated heterocycles. The van der Waals surface area contributed by atoms with E-state index in [1.807, 2.05) is 54.6 Å². The lowest BCUT2D eigenvalue weighted by atomic mass is 10.2. The standard InChI is InChI=1S/C16H13BrN2O/c17-13-7-5-11(6-8-13)10-18-15-9-12-3-1-2-4-14(12)19-16(15)20/h1-9,18H,10H2,(H,19,20). The van der Waals surface area contributed by atoms with Gasteiger partial charge in [-0.2, -0.15) is 0 Å². The van der Waals surface area contributed by atoms with Crippen LogP contribution in [0.15, 0.2) is 63.9 Å². The van der Waals surface area contributed by atoms with E-state index in [-0.39, 0.29) is 5.56 Å². The average Bonchev–Trinajstić information content (AvgIpc) is 2.47. The molecule has 4 heteroatoms. The molecular weight excluding hydrogens is 316 g/mol. The summed E-state index contributed by atoms with van der Waals surface area (Å²) >= 11 is 3.40. The molecule has 1 heterocycles.